The second kappa shape index (κ2) is 4.31. The minimum atomic E-state index is -0.717. The minimum absolute atomic E-state index is 0.208. The molecule has 1 saturated heterocycles. The number of nitrogens with zero attached hydrogens (tertiary/aromatic N) is 5. The third kappa shape index (κ3) is 1.98. The topological polar surface area (TPSA) is 110 Å². The molecule has 8 nitrogen and oxygen atoms in total. The van der Waals surface area contributed by atoms with Crippen LogP contribution in [0.3, 0.4) is 0 Å². The number of hydrogen-bond donors (Lipinski definition) is 2. The van der Waals surface area contributed by atoms with Gasteiger partial charge in [0.1, 0.15) is 12.1 Å². The minimum Gasteiger partial charge on any atom is -0.481 e. The molecule has 8 heteroatoms. The zero-order valence-corrected chi connectivity index (χ0v) is 11.4. The van der Waals surface area contributed by atoms with Crippen LogP contribution in [0, 0.1) is 17.8 Å². The number of carbonyl (C=O) groups is 1. The number of aromatic nitrogens is 4. The van der Waals surface area contributed by atoms with E-state index in [9.17, 15) is 9.90 Å². The van der Waals surface area contributed by atoms with Crippen LogP contribution in [0.1, 0.15) is 12.8 Å². The maximum absolute atomic E-state index is 11.5. The number of rotatable bonds is 3. The molecule has 1 saturated carbocycles. The molecule has 1 aliphatic carbocycles. The number of nitrogens with two attached hydrogens (primary N) is 1. The average Bonchev–Trinajstić information content (AvgIpc) is 3.02. The molecule has 2 fully saturated rings. The Morgan fingerprint density at radius 1 is 1.38 bits per heavy atom. The fraction of sp³-hybridized carbons (Fsp3) is 0.538. The van der Waals surface area contributed by atoms with Crippen molar-refractivity contribution < 1.29 is 9.90 Å². The summed E-state index contributed by atoms with van der Waals surface area (Å²) in [5.74, 6) is 0.710. The highest BCUT2D eigenvalue weighted by Gasteiger charge is 2.46. The van der Waals surface area contributed by atoms with Crippen molar-refractivity contribution in [2.24, 2.45) is 17.8 Å². The molecule has 3 heterocycles. The first-order chi connectivity index (χ1) is 10.1. The lowest BCUT2D eigenvalue weighted by Gasteiger charge is -2.17. The zero-order valence-electron chi connectivity index (χ0n) is 11.4. The summed E-state index contributed by atoms with van der Waals surface area (Å²) >= 11 is 0. The molecule has 1 aliphatic heterocycles. The highest BCUT2D eigenvalue weighted by atomic mass is 16.4. The van der Waals surface area contributed by atoms with Gasteiger partial charge >= 0.3 is 5.97 Å². The fourth-order valence-corrected chi connectivity index (χ4v) is 3.28. The Morgan fingerprint density at radius 2 is 2.19 bits per heavy atom. The monoisotopic (exact) mass is 288 g/mol. The summed E-state index contributed by atoms with van der Waals surface area (Å²) in [6.07, 6.45) is 3.79. The van der Waals surface area contributed by atoms with Crippen LogP contribution in [-0.2, 0) is 4.79 Å². The van der Waals surface area contributed by atoms with Crippen molar-refractivity contribution >= 4 is 23.4 Å². The van der Waals surface area contributed by atoms with Crippen LogP contribution >= 0.6 is 0 Å². The van der Waals surface area contributed by atoms with Gasteiger partial charge in [0.25, 0.3) is 0 Å². The smallest absolute Gasteiger partial charge is 0.308 e. The van der Waals surface area contributed by atoms with Crippen LogP contribution in [0.4, 0.5) is 11.8 Å². The number of nitrogen functional groups attached to an aromatic ring is 1. The summed E-state index contributed by atoms with van der Waals surface area (Å²) in [6, 6.07) is 1.80. The second-order valence-corrected chi connectivity index (χ2v) is 5.88. The number of hydrogen-bond acceptors (Lipinski definition) is 6. The van der Waals surface area contributed by atoms with Gasteiger partial charge in [-0.1, -0.05) is 0 Å². The lowest BCUT2D eigenvalue weighted by molar-refractivity contribution is -0.142. The van der Waals surface area contributed by atoms with E-state index in [1.807, 2.05) is 4.90 Å². The van der Waals surface area contributed by atoms with Gasteiger partial charge in [0.15, 0.2) is 5.65 Å². The average molecular weight is 288 g/mol. The van der Waals surface area contributed by atoms with Crippen molar-refractivity contribution in [2.45, 2.75) is 12.8 Å². The molecule has 0 spiro atoms. The maximum atomic E-state index is 11.5. The van der Waals surface area contributed by atoms with E-state index in [1.54, 1.807) is 10.5 Å². The van der Waals surface area contributed by atoms with Crippen molar-refractivity contribution in [1.82, 2.24) is 19.6 Å². The van der Waals surface area contributed by atoms with Crippen molar-refractivity contribution in [2.75, 3.05) is 23.7 Å². The highest BCUT2D eigenvalue weighted by Crippen LogP contribution is 2.44. The number of carboxylic acids is 1. The van der Waals surface area contributed by atoms with Crippen LogP contribution in [0.2, 0.25) is 0 Å². The SMILES string of the molecule is Nc1nc(N2C[C@H](C(=O)O)[C@@H](C3CC3)C2)cc2nncn12. The van der Waals surface area contributed by atoms with Crippen molar-refractivity contribution in [3.8, 4) is 0 Å². The summed E-state index contributed by atoms with van der Waals surface area (Å²) in [5, 5.41) is 17.2. The lowest BCUT2D eigenvalue weighted by atomic mass is 9.92. The van der Waals surface area contributed by atoms with E-state index >= 15 is 0 Å². The molecule has 2 atom stereocenters. The molecule has 0 radical (unpaired) electrons. The van der Waals surface area contributed by atoms with E-state index in [1.165, 1.54) is 6.33 Å². The zero-order chi connectivity index (χ0) is 14.6. The molecule has 2 aromatic heterocycles. The van der Waals surface area contributed by atoms with Gasteiger partial charge in [0.2, 0.25) is 5.95 Å². The van der Waals surface area contributed by atoms with Crippen LogP contribution in [-0.4, -0.2) is 43.7 Å². The second-order valence-electron chi connectivity index (χ2n) is 5.88. The third-order valence-electron chi connectivity index (χ3n) is 4.54. The number of fused-ring (bicyclic) bond motifs is 1. The summed E-state index contributed by atoms with van der Waals surface area (Å²) in [4.78, 5) is 17.8. The number of anilines is 2. The van der Waals surface area contributed by atoms with Gasteiger partial charge in [-0.15, -0.1) is 10.2 Å². The predicted octanol–water partition coefficient (Wildman–Crippen LogP) is 0.253. The molecular weight excluding hydrogens is 272 g/mol. The van der Waals surface area contributed by atoms with E-state index in [2.05, 4.69) is 15.2 Å². The Bertz CT molecular complexity index is 710. The molecule has 0 aromatic carbocycles. The molecule has 2 aromatic rings. The molecule has 21 heavy (non-hydrogen) atoms. The Balaban J connectivity index is 1.67. The predicted molar refractivity (Wildman–Crippen MR) is 74.7 cm³/mol. The van der Waals surface area contributed by atoms with Gasteiger partial charge in [0.05, 0.1) is 5.92 Å². The van der Waals surface area contributed by atoms with E-state index < -0.39 is 5.97 Å². The molecule has 4 rings (SSSR count). The van der Waals surface area contributed by atoms with Crippen LogP contribution in [0.15, 0.2) is 12.4 Å². The molecule has 2 aliphatic rings. The van der Waals surface area contributed by atoms with Crippen LogP contribution in [0.25, 0.3) is 5.65 Å². The summed E-state index contributed by atoms with van der Waals surface area (Å²) < 4.78 is 1.60. The normalized spacial score (nSPS) is 25.6. The van der Waals surface area contributed by atoms with Crippen molar-refractivity contribution in [3.63, 3.8) is 0 Å². The maximum Gasteiger partial charge on any atom is 0.308 e. The van der Waals surface area contributed by atoms with Gasteiger partial charge in [-0.2, -0.15) is 4.98 Å². The number of carboxylic acid groups (broad SMARTS) is 1. The Kier molecular flexibility index (Phi) is 2.54. The van der Waals surface area contributed by atoms with Gasteiger partial charge in [-0.25, -0.2) is 0 Å². The molecule has 0 amide bonds. The quantitative estimate of drug-likeness (QED) is 0.833. The summed E-state index contributed by atoms with van der Waals surface area (Å²) in [5.41, 5.74) is 6.52. The summed E-state index contributed by atoms with van der Waals surface area (Å²) in [6.45, 7) is 1.20. The van der Waals surface area contributed by atoms with Crippen molar-refractivity contribution in [3.05, 3.63) is 12.4 Å². The first-order valence-corrected chi connectivity index (χ1v) is 7.07. The first kappa shape index (κ1) is 12.4. The lowest BCUT2D eigenvalue weighted by Crippen LogP contribution is -2.24. The van der Waals surface area contributed by atoms with E-state index in [4.69, 9.17) is 5.73 Å². The van der Waals surface area contributed by atoms with Crippen LogP contribution < -0.4 is 10.6 Å². The fourth-order valence-electron chi connectivity index (χ4n) is 3.28. The van der Waals surface area contributed by atoms with E-state index in [0.29, 0.717) is 29.9 Å². The largest absolute Gasteiger partial charge is 0.481 e. The van der Waals surface area contributed by atoms with E-state index in [0.717, 1.165) is 19.4 Å². The first-order valence-electron chi connectivity index (χ1n) is 7.07. The molecule has 0 unspecified atom stereocenters. The highest BCUT2D eigenvalue weighted by molar-refractivity contribution is 5.73. The molecule has 110 valence electrons. The van der Waals surface area contributed by atoms with Crippen molar-refractivity contribution in [1.29, 1.82) is 0 Å². The summed E-state index contributed by atoms with van der Waals surface area (Å²) in [7, 11) is 0. The van der Waals surface area contributed by atoms with Gasteiger partial charge in [0, 0.05) is 19.2 Å². The molecular formula is C13H16N6O2. The number of aliphatic carboxylic acids is 1. The van der Waals surface area contributed by atoms with Gasteiger partial charge in [-0.05, 0) is 24.7 Å². The standard InChI is InChI=1S/C13H16N6O2/c14-13-16-10(3-11-17-15-6-19(11)13)18-4-8(7-1-2-7)9(5-18)12(20)21/h3,6-9H,1-2,4-5H2,(H2,14,16)(H,20,21)/t8-,9+/m1/s1. The molecule has 3 N–H and O–H groups in total. The third-order valence-corrected chi connectivity index (χ3v) is 4.54. The Hall–Kier alpha value is -2.38. The Morgan fingerprint density at radius 3 is 2.90 bits per heavy atom. The Labute approximate surface area is 120 Å². The van der Waals surface area contributed by atoms with Crippen LogP contribution in [0.5, 0.6) is 0 Å². The van der Waals surface area contributed by atoms with E-state index in [-0.39, 0.29) is 11.8 Å². The molecule has 0 bridgehead atoms. The van der Waals surface area contributed by atoms with Gasteiger partial charge in [-0.3, -0.25) is 9.20 Å². The van der Waals surface area contributed by atoms with Gasteiger partial charge < -0.3 is 15.7 Å².